The molecule has 0 saturated carbocycles. The Bertz CT molecular complexity index is 1430. The molecule has 2 bridgehead atoms. The highest BCUT2D eigenvalue weighted by atomic mass is 16.5. The average Bonchev–Trinajstić information content (AvgIpc) is 3.50. The zero-order valence-corrected chi connectivity index (χ0v) is 23.2. The van der Waals surface area contributed by atoms with E-state index in [0.29, 0.717) is 17.7 Å². The van der Waals surface area contributed by atoms with Crippen LogP contribution in [-0.2, 0) is 25.7 Å². The van der Waals surface area contributed by atoms with E-state index in [4.69, 9.17) is 4.74 Å². The molecule has 0 radical (unpaired) electrons. The number of hydrogen-bond donors (Lipinski definition) is 3. The van der Waals surface area contributed by atoms with Gasteiger partial charge in [0.25, 0.3) is 0 Å². The lowest BCUT2D eigenvalue weighted by molar-refractivity contribution is -0.150. The summed E-state index contributed by atoms with van der Waals surface area (Å²) >= 11 is 0. The van der Waals surface area contributed by atoms with Crippen LogP contribution in [0.5, 0.6) is 0 Å². The maximum atomic E-state index is 14.5. The monoisotopic (exact) mass is 553 g/mol. The van der Waals surface area contributed by atoms with Gasteiger partial charge >= 0.3 is 0 Å². The lowest BCUT2D eigenvalue weighted by Crippen LogP contribution is -2.56. The van der Waals surface area contributed by atoms with Crippen LogP contribution in [0.4, 0.5) is 5.69 Å². The maximum absolute atomic E-state index is 14.5. The number of rotatable bonds is 8. The second-order valence-electron chi connectivity index (χ2n) is 11.6. The molecule has 3 aliphatic heterocycles. The van der Waals surface area contributed by atoms with E-state index in [9.17, 15) is 19.5 Å². The van der Waals surface area contributed by atoms with Gasteiger partial charge in [0, 0.05) is 12.2 Å². The van der Waals surface area contributed by atoms with Crippen molar-refractivity contribution in [3.8, 4) is 0 Å². The fraction of sp³-hybridized carbons (Fsp3) is 0.364. The second kappa shape index (κ2) is 10.4. The van der Waals surface area contributed by atoms with Gasteiger partial charge in [-0.2, -0.15) is 0 Å². The summed E-state index contributed by atoms with van der Waals surface area (Å²) < 4.78 is 6.81. The van der Waals surface area contributed by atoms with Crippen molar-refractivity contribution in [3.63, 3.8) is 0 Å². The highest BCUT2D eigenvalue weighted by Crippen LogP contribution is 2.66. The Morgan fingerprint density at radius 2 is 1.59 bits per heavy atom. The number of aliphatic hydroxyl groups excluding tert-OH is 1. The summed E-state index contributed by atoms with van der Waals surface area (Å²) in [5.74, 6) is -2.81. The number of carbonyl (C=O) groups is 3. The fourth-order valence-electron chi connectivity index (χ4n) is 7.36. The van der Waals surface area contributed by atoms with E-state index in [1.54, 1.807) is 12.1 Å². The molecule has 0 aliphatic carbocycles. The Hall–Kier alpha value is -4.01. The van der Waals surface area contributed by atoms with Gasteiger partial charge in [-0.15, -0.1) is 0 Å². The van der Waals surface area contributed by atoms with Gasteiger partial charge in [0.05, 0.1) is 30.1 Å². The molecular formula is C33H35N3O5. The normalized spacial score (nSPS) is 30.6. The van der Waals surface area contributed by atoms with Crippen molar-refractivity contribution in [1.29, 1.82) is 0 Å². The topological polar surface area (TPSA) is 108 Å². The molecule has 1 spiro atoms. The van der Waals surface area contributed by atoms with Gasteiger partial charge in [-0.3, -0.25) is 14.4 Å². The van der Waals surface area contributed by atoms with Gasteiger partial charge in [-0.25, -0.2) is 0 Å². The molecule has 3 aromatic carbocycles. The number of para-hydroxylation sites is 1. The van der Waals surface area contributed by atoms with Crippen LogP contribution in [0, 0.1) is 17.8 Å². The predicted molar refractivity (Wildman–Crippen MR) is 153 cm³/mol. The zero-order chi connectivity index (χ0) is 28.8. The third-order valence-electron chi connectivity index (χ3n) is 9.33. The van der Waals surface area contributed by atoms with Crippen molar-refractivity contribution in [2.45, 2.75) is 50.1 Å². The summed E-state index contributed by atoms with van der Waals surface area (Å²) in [6, 6.07) is 26.1. The van der Waals surface area contributed by atoms with Crippen LogP contribution in [0.15, 0.2) is 91.0 Å². The molecule has 3 aromatic rings. The Morgan fingerprint density at radius 3 is 2.22 bits per heavy atom. The average molecular weight is 554 g/mol. The number of hydrogen-bond acceptors (Lipinski definition) is 5. The molecule has 41 heavy (non-hydrogen) atoms. The first kappa shape index (κ1) is 27.2. The van der Waals surface area contributed by atoms with E-state index < -0.39 is 35.1 Å². The van der Waals surface area contributed by atoms with E-state index in [2.05, 4.69) is 10.6 Å². The van der Waals surface area contributed by atoms with Gasteiger partial charge in [0.15, 0.2) is 0 Å². The maximum Gasteiger partial charge on any atom is 0.246 e. The second-order valence-corrected chi connectivity index (χ2v) is 11.6. The predicted octanol–water partition coefficient (Wildman–Crippen LogP) is 3.69. The van der Waals surface area contributed by atoms with Gasteiger partial charge in [0.1, 0.15) is 11.6 Å². The molecule has 6 rings (SSSR count). The van der Waals surface area contributed by atoms with Crippen LogP contribution in [0.1, 0.15) is 37.4 Å². The highest BCUT2D eigenvalue weighted by Gasteiger charge is 2.80. The summed E-state index contributed by atoms with van der Waals surface area (Å²) in [6.45, 7) is 3.80. The lowest BCUT2D eigenvalue weighted by Gasteiger charge is -2.37. The highest BCUT2D eigenvalue weighted by molar-refractivity contribution is 6.02. The Labute approximate surface area is 239 Å². The van der Waals surface area contributed by atoms with Crippen LogP contribution in [0.25, 0.3) is 0 Å². The van der Waals surface area contributed by atoms with Gasteiger partial charge in [-0.05, 0) is 42.5 Å². The standard InChI is InChI=1S/C33H35N3O5/c1-21-18-33-27(26(32(21,2)41-33)29(38)35-24-16-10-5-11-17-24)31(40)36(25(20-37)23-14-8-4-9-15-23)28(33)30(39)34-19-22-12-6-3-7-13-22/h3-17,21,25-28,37H,18-20H2,1-2H3,(H,34,39)(H,35,38)/t21?,25-,26-,27+,28?,32+,33?/m1/s1. The van der Waals surface area contributed by atoms with Gasteiger partial charge in [-0.1, -0.05) is 85.8 Å². The molecule has 3 aliphatic rings. The van der Waals surface area contributed by atoms with Gasteiger partial charge < -0.3 is 25.4 Å². The molecule has 0 aromatic heterocycles. The minimum absolute atomic E-state index is 0.0910. The summed E-state index contributed by atoms with van der Waals surface area (Å²) in [7, 11) is 0. The van der Waals surface area contributed by atoms with Crippen LogP contribution >= 0.6 is 0 Å². The molecule has 8 heteroatoms. The minimum Gasteiger partial charge on any atom is -0.394 e. The minimum atomic E-state index is -1.22. The van der Waals surface area contributed by atoms with Crippen LogP contribution in [0.2, 0.25) is 0 Å². The third kappa shape index (κ3) is 4.33. The molecule has 3 amide bonds. The lowest BCUT2D eigenvalue weighted by atomic mass is 9.62. The number of ether oxygens (including phenoxy) is 1. The van der Waals surface area contributed by atoms with Crippen molar-refractivity contribution < 1.29 is 24.2 Å². The number of likely N-dealkylation sites (tertiary alicyclic amines) is 1. The van der Waals surface area contributed by atoms with E-state index in [1.807, 2.05) is 92.7 Å². The van der Waals surface area contributed by atoms with Crippen molar-refractivity contribution in [1.82, 2.24) is 10.2 Å². The van der Waals surface area contributed by atoms with Crippen molar-refractivity contribution in [3.05, 3.63) is 102 Å². The van der Waals surface area contributed by atoms with E-state index in [0.717, 1.165) is 5.56 Å². The summed E-state index contributed by atoms with van der Waals surface area (Å²) in [5.41, 5.74) is 0.101. The molecule has 3 N–H and O–H groups in total. The number of aliphatic hydroxyl groups is 1. The van der Waals surface area contributed by atoms with E-state index in [1.165, 1.54) is 4.90 Å². The number of amides is 3. The van der Waals surface area contributed by atoms with E-state index >= 15 is 0 Å². The number of anilines is 1. The van der Waals surface area contributed by atoms with Crippen molar-refractivity contribution in [2.24, 2.45) is 17.8 Å². The van der Waals surface area contributed by atoms with Crippen LogP contribution in [0.3, 0.4) is 0 Å². The summed E-state index contributed by atoms with van der Waals surface area (Å²) in [4.78, 5) is 44.1. The molecule has 7 atom stereocenters. The first-order chi connectivity index (χ1) is 19.8. The Balaban J connectivity index is 1.41. The molecule has 212 valence electrons. The van der Waals surface area contributed by atoms with Crippen LogP contribution in [-0.4, -0.2) is 51.6 Å². The third-order valence-corrected chi connectivity index (χ3v) is 9.33. The summed E-state index contributed by atoms with van der Waals surface area (Å²) in [5, 5.41) is 16.6. The molecular weight excluding hydrogens is 518 g/mol. The number of nitrogens with zero attached hydrogens (tertiary/aromatic N) is 1. The van der Waals surface area contributed by atoms with Crippen LogP contribution < -0.4 is 10.6 Å². The molecule has 3 heterocycles. The first-order valence-corrected chi connectivity index (χ1v) is 14.2. The van der Waals surface area contributed by atoms with Crippen molar-refractivity contribution >= 4 is 23.4 Å². The smallest absolute Gasteiger partial charge is 0.246 e. The fourth-order valence-corrected chi connectivity index (χ4v) is 7.36. The Morgan fingerprint density at radius 1 is 0.976 bits per heavy atom. The quantitative estimate of drug-likeness (QED) is 0.395. The number of nitrogens with one attached hydrogen (secondary N) is 2. The van der Waals surface area contributed by atoms with Crippen molar-refractivity contribution in [2.75, 3.05) is 11.9 Å². The molecule has 3 unspecified atom stereocenters. The molecule has 3 fully saturated rings. The summed E-state index contributed by atoms with van der Waals surface area (Å²) in [6.07, 6.45) is 0.446. The zero-order valence-electron chi connectivity index (χ0n) is 23.2. The SMILES string of the molecule is CC1CC23O[C@]1(C)[C@@H](C(=O)Nc1ccccc1)[C@H]2C(=O)N([C@H](CO)c1ccccc1)C3C(=O)NCc1ccccc1. The van der Waals surface area contributed by atoms with E-state index in [-0.39, 0.29) is 36.8 Å². The van der Waals surface area contributed by atoms with Gasteiger partial charge in [0.2, 0.25) is 17.7 Å². The molecule has 3 saturated heterocycles. The number of carbonyl (C=O) groups excluding carboxylic acids is 3. The molecule has 8 nitrogen and oxygen atoms in total. The first-order valence-electron chi connectivity index (χ1n) is 14.2. The number of fused-ring (bicyclic) bond motifs is 1. The largest absolute Gasteiger partial charge is 0.394 e. The Kier molecular flexibility index (Phi) is 6.91. The number of benzene rings is 3.